The average Bonchev–Trinajstić information content (AvgIpc) is 2.42. The lowest BCUT2D eigenvalue weighted by Crippen LogP contribution is -2.39. The Morgan fingerprint density at radius 1 is 1.20 bits per heavy atom. The zero-order valence-corrected chi connectivity index (χ0v) is 12.6. The summed E-state index contributed by atoms with van der Waals surface area (Å²) < 4.78 is 0. The highest BCUT2D eigenvalue weighted by atomic mass is 16.1. The molecule has 0 heterocycles. The van der Waals surface area contributed by atoms with Gasteiger partial charge in [-0.25, -0.2) is 0 Å². The number of rotatable bonds is 4. The lowest BCUT2D eigenvalue weighted by molar-refractivity contribution is -0.121. The molecule has 1 saturated carbocycles. The summed E-state index contributed by atoms with van der Waals surface area (Å²) in [5.74, 6) is 1.73. The van der Waals surface area contributed by atoms with E-state index in [1.165, 1.54) is 12.8 Å². The number of carbonyl (C=O) groups is 1. The number of amides is 1. The molecule has 20 heavy (non-hydrogen) atoms. The van der Waals surface area contributed by atoms with Crippen molar-refractivity contribution < 1.29 is 4.79 Å². The Kier molecular flexibility index (Phi) is 5.05. The minimum atomic E-state index is 0.128. The first-order valence-corrected chi connectivity index (χ1v) is 7.68. The third kappa shape index (κ3) is 4.26. The minimum absolute atomic E-state index is 0.128. The third-order valence-electron chi connectivity index (χ3n) is 4.42. The van der Waals surface area contributed by atoms with Gasteiger partial charge in [-0.2, -0.15) is 0 Å². The topological polar surface area (TPSA) is 55.1 Å². The molecule has 1 amide bonds. The second-order valence-electron chi connectivity index (χ2n) is 6.34. The van der Waals surface area contributed by atoms with Crippen LogP contribution in [0.25, 0.3) is 0 Å². The first-order valence-electron chi connectivity index (χ1n) is 7.68. The van der Waals surface area contributed by atoms with Crippen molar-refractivity contribution in [2.45, 2.75) is 52.0 Å². The molecule has 3 N–H and O–H groups in total. The maximum Gasteiger partial charge on any atom is 0.224 e. The Bertz CT molecular complexity index is 431. The van der Waals surface area contributed by atoms with Crippen LogP contribution in [-0.2, 0) is 11.2 Å². The van der Waals surface area contributed by atoms with Crippen LogP contribution in [0, 0.1) is 11.8 Å². The Labute approximate surface area is 121 Å². The second-order valence-corrected chi connectivity index (χ2v) is 6.34. The third-order valence-corrected chi connectivity index (χ3v) is 4.42. The number of hydrogen-bond acceptors (Lipinski definition) is 2. The molecule has 0 bridgehead atoms. The molecule has 1 aliphatic carbocycles. The molecule has 1 aromatic carbocycles. The maximum absolute atomic E-state index is 12.0. The Hall–Kier alpha value is -1.51. The molecule has 3 nitrogen and oxygen atoms in total. The van der Waals surface area contributed by atoms with Gasteiger partial charge in [-0.15, -0.1) is 0 Å². The Balaban J connectivity index is 1.77. The zero-order valence-electron chi connectivity index (χ0n) is 12.6. The molecule has 3 heteroatoms. The number of nitrogens with two attached hydrogens (primary N) is 1. The van der Waals surface area contributed by atoms with Gasteiger partial charge in [0.05, 0.1) is 6.42 Å². The van der Waals surface area contributed by atoms with Gasteiger partial charge in [0.2, 0.25) is 5.91 Å². The number of anilines is 1. The summed E-state index contributed by atoms with van der Waals surface area (Å²) in [4.78, 5) is 12.0. The van der Waals surface area contributed by atoms with Crippen LogP contribution in [0.1, 0.15) is 45.1 Å². The first-order chi connectivity index (χ1) is 9.54. The van der Waals surface area contributed by atoms with Crippen molar-refractivity contribution >= 4 is 11.6 Å². The largest absolute Gasteiger partial charge is 0.399 e. The molecule has 0 aromatic heterocycles. The van der Waals surface area contributed by atoms with Crippen LogP contribution in [0.15, 0.2) is 24.3 Å². The zero-order chi connectivity index (χ0) is 14.5. The van der Waals surface area contributed by atoms with E-state index in [9.17, 15) is 4.79 Å². The second kappa shape index (κ2) is 6.78. The summed E-state index contributed by atoms with van der Waals surface area (Å²) in [5, 5.41) is 3.17. The van der Waals surface area contributed by atoms with Gasteiger partial charge in [0.15, 0.2) is 0 Å². The number of nitrogen functional groups attached to an aromatic ring is 1. The summed E-state index contributed by atoms with van der Waals surface area (Å²) in [6.45, 7) is 4.59. The number of nitrogens with one attached hydrogen (secondary N) is 1. The quantitative estimate of drug-likeness (QED) is 0.829. The molecule has 110 valence electrons. The van der Waals surface area contributed by atoms with Crippen molar-refractivity contribution in [3.8, 4) is 0 Å². The van der Waals surface area contributed by atoms with E-state index in [-0.39, 0.29) is 5.91 Å². The van der Waals surface area contributed by atoms with Gasteiger partial charge in [-0.1, -0.05) is 26.0 Å². The predicted molar refractivity (Wildman–Crippen MR) is 83.3 cm³/mol. The fourth-order valence-corrected chi connectivity index (χ4v) is 3.03. The highest BCUT2D eigenvalue weighted by molar-refractivity contribution is 5.79. The molecule has 0 spiro atoms. The van der Waals surface area contributed by atoms with E-state index in [1.54, 1.807) is 0 Å². The van der Waals surface area contributed by atoms with Gasteiger partial charge in [0, 0.05) is 11.7 Å². The van der Waals surface area contributed by atoms with Crippen molar-refractivity contribution in [3.05, 3.63) is 29.8 Å². The predicted octanol–water partition coefficient (Wildman–Crippen LogP) is 3.14. The van der Waals surface area contributed by atoms with E-state index in [4.69, 9.17) is 5.73 Å². The molecule has 0 atom stereocenters. The van der Waals surface area contributed by atoms with Crippen LogP contribution in [-0.4, -0.2) is 11.9 Å². The molecular weight excluding hydrogens is 248 g/mol. The van der Waals surface area contributed by atoms with E-state index in [0.717, 1.165) is 35.9 Å². The Morgan fingerprint density at radius 2 is 1.80 bits per heavy atom. The molecule has 0 unspecified atom stereocenters. The molecule has 1 aromatic rings. The molecule has 0 saturated heterocycles. The highest BCUT2D eigenvalue weighted by Gasteiger charge is 2.24. The van der Waals surface area contributed by atoms with Gasteiger partial charge < -0.3 is 11.1 Å². The number of hydrogen-bond donors (Lipinski definition) is 2. The average molecular weight is 274 g/mol. The fraction of sp³-hybridized carbons (Fsp3) is 0.588. The summed E-state index contributed by atoms with van der Waals surface area (Å²) in [6.07, 6.45) is 5.17. The highest BCUT2D eigenvalue weighted by Crippen LogP contribution is 2.29. The monoisotopic (exact) mass is 274 g/mol. The maximum atomic E-state index is 12.0. The number of carbonyl (C=O) groups excluding carboxylic acids is 1. The van der Waals surface area contributed by atoms with Crippen LogP contribution in [0.4, 0.5) is 5.69 Å². The van der Waals surface area contributed by atoms with E-state index in [2.05, 4.69) is 19.2 Å². The molecule has 0 aliphatic heterocycles. The summed E-state index contributed by atoms with van der Waals surface area (Å²) >= 11 is 0. The normalized spacial score (nSPS) is 22.8. The lowest BCUT2D eigenvalue weighted by Gasteiger charge is -2.31. The van der Waals surface area contributed by atoms with E-state index in [1.807, 2.05) is 24.3 Å². The molecule has 1 aliphatic rings. The first kappa shape index (κ1) is 14.9. The SMILES string of the molecule is CC(C)C1CCC(NC(=O)Cc2ccc(N)cc2)CC1. The standard InChI is InChI=1S/C17H26N2O/c1-12(2)14-5-9-16(10-6-14)19-17(20)11-13-3-7-15(18)8-4-13/h3-4,7-8,12,14,16H,5-6,9-11,18H2,1-2H3,(H,19,20). The van der Waals surface area contributed by atoms with E-state index >= 15 is 0 Å². The van der Waals surface area contributed by atoms with Crippen molar-refractivity contribution in [2.75, 3.05) is 5.73 Å². The van der Waals surface area contributed by atoms with E-state index in [0.29, 0.717) is 12.5 Å². The van der Waals surface area contributed by atoms with Gasteiger partial charge in [0.25, 0.3) is 0 Å². The molecule has 2 rings (SSSR count). The summed E-state index contributed by atoms with van der Waals surface area (Å²) in [6, 6.07) is 7.90. The van der Waals surface area contributed by atoms with Crippen LogP contribution >= 0.6 is 0 Å². The van der Waals surface area contributed by atoms with Gasteiger partial charge in [-0.05, 0) is 55.2 Å². The molecule has 1 fully saturated rings. The lowest BCUT2D eigenvalue weighted by atomic mass is 9.79. The van der Waals surface area contributed by atoms with Crippen molar-refractivity contribution in [2.24, 2.45) is 11.8 Å². The number of benzene rings is 1. The van der Waals surface area contributed by atoms with Crippen LogP contribution in [0.2, 0.25) is 0 Å². The summed E-state index contributed by atoms with van der Waals surface area (Å²) in [7, 11) is 0. The van der Waals surface area contributed by atoms with Crippen molar-refractivity contribution in [3.63, 3.8) is 0 Å². The van der Waals surface area contributed by atoms with E-state index < -0.39 is 0 Å². The van der Waals surface area contributed by atoms with Crippen molar-refractivity contribution in [1.82, 2.24) is 5.32 Å². The van der Waals surface area contributed by atoms with Gasteiger partial charge >= 0.3 is 0 Å². The van der Waals surface area contributed by atoms with Gasteiger partial charge in [0.1, 0.15) is 0 Å². The Morgan fingerprint density at radius 3 is 2.35 bits per heavy atom. The fourth-order valence-electron chi connectivity index (χ4n) is 3.03. The van der Waals surface area contributed by atoms with Gasteiger partial charge in [-0.3, -0.25) is 4.79 Å². The molecular formula is C17H26N2O. The smallest absolute Gasteiger partial charge is 0.224 e. The van der Waals surface area contributed by atoms with Crippen LogP contribution in [0.5, 0.6) is 0 Å². The van der Waals surface area contributed by atoms with Crippen LogP contribution in [0.3, 0.4) is 0 Å². The van der Waals surface area contributed by atoms with Crippen LogP contribution < -0.4 is 11.1 Å². The molecule has 0 radical (unpaired) electrons. The minimum Gasteiger partial charge on any atom is -0.399 e. The van der Waals surface area contributed by atoms with Crippen molar-refractivity contribution in [1.29, 1.82) is 0 Å². The summed E-state index contributed by atoms with van der Waals surface area (Å²) in [5.41, 5.74) is 7.40.